The molecule has 0 amide bonds. The number of rotatable bonds is 5. The predicted molar refractivity (Wildman–Crippen MR) is 160 cm³/mol. The maximum atomic E-state index is 2.47. The molecule has 182 valence electrons. The number of fused-ring (bicyclic) bond motifs is 2. The van der Waals surface area contributed by atoms with Gasteiger partial charge in [0.25, 0.3) is 0 Å². The monoisotopic (exact) mass is 479 g/mol. The van der Waals surface area contributed by atoms with Crippen LogP contribution in [0.3, 0.4) is 0 Å². The molecule has 1 aliphatic carbocycles. The molecule has 0 aromatic heterocycles. The third kappa shape index (κ3) is 4.70. The molecule has 6 rings (SSSR count). The first kappa shape index (κ1) is 23.3. The van der Waals surface area contributed by atoms with Gasteiger partial charge in [0, 0.05) is 17.1 Å². The van der Waals surface area contributed by atoms with Gasteiger partial charge in [-0.15, -0.1) is 0 Å². The lowest BCUT2D eigenvalue weighted by molar-refractivity contribution is 0.686. The Morgan fingerprint density at radius 3 is 2.30 bits per heavy atom. The van der Waals surface area contributed by atoms with Crippen molar-refractivity contribution in [3.63, 3.8) is 0 Å². The van der Waals surface area contributed by atoms with Crippen molar-refractivity contribution in [2.75, 3.05) is 4.90 Å². The van der Waals surface area contributed by atoms with Gasteiger partial charge in [0.15, 0.2) is 0 Å². The van der Waals surface area contributed by atoms with Crippen molar-refractivity contribution in [1.29, 1.82) is 0 Å². The summed E-state index contributed by atoms with van der Waals surface area (Å²) in [5, 5.41) is 2.56. The molecular weight excluding hydrogens is 446 g/mol. The Labute approximate surface area is 220 Å². The number of hydrogen-bond donors (Lipinski definition) is 0. The fraction of sp³-hybridized carbons (Fsp3) is 0.167. The van der Waals surface area contributed by atoms with Gasteiger partial charge in [-0.3, -0.25) is 0 Å². The van der Waals surface area contributed by atoms with Crippen LogP contribution in [0.4, 0.5) is 17.1 Å². The summed E-state index contributed by atoms with van der Waals surface area (Å²) < 4.78 is 0. The minimum absolute atomic E-state index is 1.15. The van der Waals surface area contributed by atoms with Crippen LogP contribution in [0, 0.1) is 13.8 Å². The molecule has 0 spiro atoms. The molecule has 0 radical (unpaired) electrons. The third-order valence-corrected chi connectivity index (χ3v) is 7.64. The standard InChI is InChI=1S/C36H33N/c1-26-17-24-35(27(2)25-26)37(36-16-8-13-30-10-4-6-15-34(30)36)32-22-19-28(20-23-32)18-21-31-12-7-11-29-9-3-5-14-33(29)31/h3,5,7-9,11-14,16-25H,4,6,10,15H2,1-2H3/b21-18+. The van der Waals surface area contributed by atoms with Gasteiger partial charge in [0.2, 0.25) is 0 Å². The Morgan fingerprint density at radius 1 is 0.649 bits per heavy atom. The first-order valence-corrected chi connectivity index (χ1v) is 13.4. The van der Waals surface area contributed by atoms with Crippen molar-refractivity contribution >= 4 is 40.0 Å². The Hall–Kier alpha value is -4.10. The largest absolute Gasteiger partial charge is 0.310 e. The van der Waals surface area contributed by atoms with Crippen LogP contribution in [0.1, 0.15) is 46.2 Å². The molecule has 0 aliphatic heterocycles. The maximum Gasteiger partial charge on any atom is 0.0496 e. The highest BCUT2D eigenvalue weighted by atomic mass is 15.1. The Bertz CT molecular complexity index is 1580. The van der Waals surface area contributed by atoms with E-state index >= 15 is 0 Å². The smallest absolute Gasteiger partial charge is 0.0496 e. The van der Waals surface area contributed by atoms with E-state index in [1.807, 2.05) is 0 Å². The van der Waals surface area contributed by atoms with E-state index in [-0.39, 0.29) is 0 Å². The third-order valence-electron chi connectivity index (χ3n) is 7.64. The Balaban J connectivity index is 1.39. The van der Waals surface area contributed by atoms with Crippen LogP contribution in [-0.4, -0.2) is 0 Å². The van der Waals surface area contributed by atoms with Crippen LogP contribution >= 0.6 is 0 Å². The van der Waals surface area contributed by atoms with Crippen LogP contribution < -0.4 is 4.90 Å². The SMILES string of the molecule is Cc1ccc(N(c2ccc(/C=C/c3cccc4ccccc34)cc2)c2cccc3c2CCCC3)c(C)c1. The number of aryl methyl sites for hydroxylation is 3. The van der Waals surface area contributed by atoms with Gasteiger partial charge in [0.1, 0.15) is 0 Å². The average molecular weight is 480 g/mol. The van der Waals surface area contributed by atoms with E-state index in [1.54, 1.807) is 0 Å². The minimum atomic E-state index is 1.15. The van der Waals surface area contributed by atoms with Gasteiger partial charge in [-0.25, -0.2) is 0 Å². The minimum Gasteiger partial charge on any atom is -0.310 e. The first-order chi connectivity index (χ1) is 18.2. The van der Waals surface area contributed by atoms with E-state index in [9.17, 15) is 0 Å². The maximum absolute atomic E-state index is 2.47. The molecule has 0 atom stereocenters. The second-order valence-electron chi connectivity index (χ2n) is 10.2. The molecule has 37 heavy (non-hydrogen) atoms. The van der Waals surface area contributed by atoms with Gasteiger partial charge in [-0.2, -0.15) is 0 Å². The molecule has 0 heterocycles. The molecule has 1 heteroatoms. The highest BCUT2D eigenvalue weighted by Gasteiger charge is 2.21. The van der Waals surface area contributed by atoms with Gasteiger partial charge in [0.05, 0.1) is 0 Å². The summed E-state index contributed by atoms with van der Waals surface area (Å²) in [5.41, 5.74) is 11.8. The molecule has 5 aromatic rings. The summed E-state index contributed by atoms with van der Waals surface area (Å²) in [6.45, 7) is 4.40. The van der Waals surface area contributed by atoms with E-state index in [0.717, 1.165) is 6.42 Å². The normalized spacial score (nSPS) is 13.1. The number of nitrogens with zero attached hydrogens (tertiary/aromatic N) is 1. The molecule has 0 fully saturated rings. The van der Waals surface area contributed by atoms with Crippen molar-refractivity contribution in [3.8, 4) is 0 Å². The van der Waals surface area contributed by atoms with Gasteiger partial charge in [-0.05, 0) is 102 Å². The summed E-state index contributed by atoms with van der Waals surface area (Å²) in [7, 11) is 0. The zero-order valence-electron chi connectivity index (χ0n) is 21.7. The van der Waals surface area contributed by atoms with Gasteiger partial charge >= 0.3 is 0 Å². The second kappa shape index (κ2) is 10.1. The molecule has 0 saturated heterocycles. The van der Waals surface area contributed by atoms with Crippen molar-refractivity contribution in [3.05, 3.63) is 137 Å². The highest BCUT2D eigenvalue weighted by molar-refractivity contribution is 5.93. The van der Waals surface area contributed by atoms with Crippen LogP contribution in [-0.2, 0) is 12.8 Å². The number of anilines is 3. The van der Waals surface area contributed by atoms with Crippen LogP contribution in [0.25, 0.3) is 22.9 Å². The topological polar surface area (TPSA) is 3.24 Å². The zero-order valence-corrected chi connectivity index (χ0v) is 21.7. The van der Waals surface area contributed by atoms with Crippen LogP contribution in [0.15, 0.2) is 103 Å². The van der Waals surface area contributed by atoms with Crippen molar-refractivity contribution in [1.82, 2.24) is 0 Å². The summed E-state index contributed by atoms with van der Waals surface area (Å²) in [5.74, 6) is 0. The molecule has 0 unspecified atom stereocenters. The predicted octanol–water partition coefficient (Wildman–Crippen LogP) is 9.98. The summed E-state index contributed by atoms with van der Waals surface area (Å²) in [6, 6.07) is 37.7. The lowest BCUT2D eigenvalue weighted by Gasteiger charge is -2.31. The molecule has 1 aliphatic rings. The molecule has 0 saturated carbocycles. The van der Waals surface area contributed by atoms with E-state index in [4.69, 9.17) is 0 Å². The Kier molecular flexibility index (Phi) is 6.37. The molecule has 0 bridgehead atoms. The van der Waals surface area contributed by atoms with Crippen molar-refractivity contribution in [2.45, 2.75) is 39.5 Å². The molecule has 0 N–H and O–H groups in total. The van der Waals surface area contributed by atoms with E-state index in [0.29, 0.717) is 0 Å². The summed E-state index contributed by atoms with van der Waals surface area (Å²) in [4.78, 5) is 2.47. The van der Waals surface area contributed by atoms with Gasteiger partial charge in [-0.1, -0.05) is 96.6 Å². The van der Waals surface area contributed by atoms with E-state index < -0.39 is 0 Å². The fourth-order valence-electron chi connectivity index (χ4n) is 5.75. The molecule has 5 aromatic carbocycles. The van der Waals surface area contributed by atoms with Crippen molar-refractivity contribution in [2.24, 2.45) is 0 Å². The second-order valence-corrected chi connectivity index (χ2v) is 10.2. The Morgan fingerprint density at radius 2 is 1.43 bits per heavy atom. The quantitative estimate of drug-likeness (QED) is 0.227. The first-order valence-electron chi connectivity index (χ1n) is 13.4. The van der Waals surface area contributed by atoms with E-state index in [1.165, 1.54) is 80.5 Å². The van der Waals surface area contributed by atoms with Crippen LogP contribution in [0.2, 0.25) is 0 Å². The highest BCUT2D eigenvalue weighted by Crippen LogP contribution is 2.41. The molecular formula is C36H33N. The lowest BCUT2D eigenvalue weighted by Crippen LogP contribution is -2.16. The lowest BCUT2D eigenvalue weighted by atomic mass is 9.89. The van der Waals surface area contributed by atoms with E-state index in [2.05, 4.69) is 134 Å². The molecule has 1 nitrogen and oxygen atoms in total. The average Bonchev–Trinajstić information content (AvgIpc) is 2.94. The number of hydrogen-bond acceptors (Lipinski definition) is 1. The number of benzene rings is 5. The van der Waals surface area contributed by atoms with Crippen molar-refractivity contribution < 1.29 is 0 Å². The van der Waals surface area contributed by atoms with Gasteiger partial charge < -0.3 is 4.90 Å². The zero-order chi connectivity index (χ0) is 25.2. The van der Waals surface area contributed by atoms with Crippen LogP contribution in [0.5, 0.6) is 0 Å². The summed E-state index contributed by atoms with van der Waals surface area (Å²) >= 11 is 0. The summed E-state index contributed by atoms with van der Waals surface area (Å²) in [6.07, 6.45) is 9.34. The fourth-order valence-corrected chi connectivity index (χ4v) is 5.75.